The lowest BCUT2D eigenvalue weighted by Crippen LogP contribution is -2.18. The van der Waals surface area contributed by atoms with Gasteiger partial charge in [0.1, 0.15) is 0 Å². The summed E-state index contributed by atoms with van der Waals surface area (Å²) in [5.41, 5.74) is 9.38. The SMILES string of the molecule is CCCCC(=CC1=C(C)CNCc2cc3c(cc2CC1)CCCC3=O)CCCCO. The zero-order valence-electron chi connectivity index (χ0n) is 19.0. The van der Waals surface area contributed by atoms with Crippen LogP contribution < -0.4 is 5.32 Å². The Bertz CT molecular complexity index is 803. The maximum atomic E-state index is 12.4. The summed E-state index contributed by atoms with van der Waals surface area (Å²) in [6.07, 6.45) is 14.0. The number of nitrogens with one attached hydrogen (secondary N) is 1. The molecule has 30 heavy (non-hydrogen) atoms. The first kappa shape index (κ1) is 23.0. The molecule has 2 aliphatic rings. The summed E-state index contributed by atoms with van der Waals surface area (Å²) in [5.74, 6) is 0.320. The molecule has 0 saturated carbocycles. The van der Waals surface area contributed by atoms with E-state index in [2.05, 4.69) is 37.4 Å². The second-order valence-electron chi connectivity index (χ2n) is 9.05. The predicted octanol–water partition coefficient (Wildman–Crippen LogP) is 5.84. The molecule has 2 N–H and O–H groups in total. The third-order valence-electron chi connectivity index (χ3n) is 6.63. The van der Waals surface area contributed by atoms with Gasteiger partial charge in [0, 0.05) is 31.7 Å². The van der Waals surface area contributed by atoms with Gasteiger partial charge in [-0.05, 0) is 93.0 Å². The Hall–Kier alpha value is -1.71. The first-order valence-corrected chi connectivity index (χ1v) is 12.0. The van der Waals surface area contributed by atoms with Crippen molar-refractivity contribution in [3.05, 3.63) is 57.2 Å². The Morgan fingerprint density at radius 2 is 1.83 bits per heavy atom. The molecular weight excluding hydrogens is 370 g/mol. The normalized spacial score (nSPS) is 17.8. The molecule has 3 nitrogen and oxygen atoms in total. The predicted molar refractivity (Wildman–Crippen MR) is 125 cm³/mol. The van der Waals surface area contributed by atoms with Crippen LogP contribution in [0.1, 0.15) is 98.7 Å². The maximum Gasteiger partial charge on any atom is 0.163 e. The molecule has 0 bridgehead atoms. The van der Waals surface area contributed by atoms with Crippen molar-refractivity contribution in [3.8, 4) is 0 Å². The van der Waals surface area contributed by atoms with Crippen LogP contribution in [0.3, 0.4) is 0 Å². The number of carbonyl (C=O) groups excluding carboxylic acids is 1. The molecule has 0 atom stereocenters. The summed E-state index contributed by atoms with van der Waals surface area (Å²) in [5, 5.41) is 12.8. The van der Waals surface area contributed by atoms with E-state index in [0.717, 1.165) is 63.6 Å². The molecule has 1 aliphatic carbocycles. The van der Waals surface area contributed by atoms with Gasteiger partial charge in [-0.1, -0.05) is 36.6 Å². The van der Waals surface area contributed by atoms with E-state index in [1.54, 1.807) is 0 Å². The van der Waals surface area contributed by atoms with Gasteiger partial charge in [-0.3, -0.25) is 4.79 Å². The van der Waals surface area contributed by atoms with Gasteiger partial charge in [0.15, 0.2) is 5.78 Å². The molecule has 0 saturated heterocycles. The molecule has 1 aromatic rings. The zero-order chi connectivity index (χ0) is 21.3. The van der Waals surface area contributed by atoms with E-state index >= 15 is 0 Å². The Balaban J connectivity index is 1.82. The highest BCUT2D eigenvalue weighted by Crippen LogP contribution is 2.29. The molecule has 0 fully saturated rings. The molecule has 1 aliphatic heterocycles. The Morgan fingerprint density at radius 1 is 1.00 bits per heavy atom. The number of unbranched alkanes of at least 4 members (excludes halogenated alkanes) is 2. The highest BCUT2D eigenvalue weighted by Gasteiger charge is 2.20. The fourth-order valence-electron chi connectivity index (χ4n) is 4.74. The number of aliphatic hydroxyl groups is 1. The van der Waals surface area contributed by atoms with Gasteiger partial charge in [-0.25, -0.2) is 0 Å². The van der Waals surface area contributed by atoms with E-state index in [-0.39, 0.29) is 6.61 Å². The van der Waals surface area contributed by atoms with Gasteiger partial charge < -0.3 is 10.4 Å². The van der Waals surface area contributed by atoms with Crippen molar-refractivity contribution in [2.24, 2.45) is 0 Å². The van der Waals surface area contributed by atoms with Gasteiger partial charge in [0.25, 0.3) is 0 Å². The van der Waals surface area contributed by atoms with Crippen molar-refractivity contribution in [2.45, 2.75) is 91.0 Å². The van der Waals surface area contributed by atoms with E-state index in [1.807, 2.05) is 0 Å². The average Bonchev–Trinajstić information content (AvgIpc) is 2.81. The van der Waals surface area contributed by atoms with E-state index in [1.165, 1.54) is 52.7 Å². The third-order valence-corrected chi connectivity index (χ3v) is 6.63. The van der Waals surface area contributed by atoms with Crippen molar-refractivity contribution in [2.75, 3.05) is 13.2 Å². The summed E-state index contributed by atoms with van der Waals surface area (Å²) in [6, 6.07) is 4.50. The van der Waals surface area contributed by atoms with Crippen LogP contribution >= 0.6 is 0 Å². The lowest BCUT2D eigenvalue weighted by Gasteiger charge is -2.19. The number of hydrogen-bond acceptors (Lipinski definition) is 3. The quantitative estimate of drug-likeness (QED) is 0.531. The number of rotatable bonds is 8. The van der Waals surface area contributed by atoms with Crippen LogP contribution in [0.2, 0.25) is 0 Å². The first-order chi connectivity index (χ1) is 14.6. The van der Waals surface area contributed by atoms with Crippen molar-refractivity contribution in [1.29, 1.82) is 0 Å². The molecule has 1 aromatic carbocycles. The molecular formula is C27H39NO2. The number of ketones is 1. The molecule has 0 radical (unpaired) electrons. The van der Waals surface area contributed by atoms with Crippen LogP contribution in [0.5, 0.6) is 0 Å². The van der Waals surface area contributed by atoms with Crippen LogP contribution in [-0.4, -0.2) is 24.0 Å². The first-order valence-electron chi connectivity index (χ1n) is 12.0. The van der Waals surface area contributed by atoms with E-state index in [9.17, 15) is 4.79 Å². The lowest BCUT2D eigenvalue weighted by molar-refractivity contribution is 0.0972. The van der Waals surface area contributed by atoms with E-state index < -0.39 is 0 Å². The van der Waals surface area contributed by atoms with Gasteiger partial charge in [0.2, 0.25) is 0 Å². The van der Waals surface area contributed by atoms with Gasteiger partial charge in [0.05, 0.1) is 0 Å². The summed E-state index contributed by atoms with van der Waals surface area (Å²) >= 11 is 0. The van der Waals surface area contributed by atoms with E-state index in [0.29, 0.717) is 12.2 Å². The molecule has 0 unspecified atom stereocenters. The lowest BCUT2D eigenvalue weighted by atomic mass is 9.85. The fourth-order valence-corrected chi connectivity index (χ4v) is 4.74. The monoisotopic (exact) mass is 409 g/mol. The van der Waals surface area contributed by atoms with Crippen molar-refractivity contribution < 1.29 is 9.90 Å². The molecule has 0 aromatic heterocycles. The summed E-state index contributed by atoms with van der Waals surface area (Å²) in [7, 11) is 0. The number of hydrogen-bond donors (Lipinski definition) is 2. The molecule has 0 amide bonds. The molecule has 0 spiro atoms. The molecule has 1 heterocycles. The Kier molecular flexibility index (Phi) is 8.89. The highest BCUT2D eigenvalue weighted by atomic mass is 16.2. The fraction of sp³-hybridized carbons (Fsp3) is 0.593. The molecule has 3 heteroatoms. The Morgan fingerprint density at radius 3 is 2.63 bits per heavy atom. The molecule has 3 rings (SSSR count). The van der Waals surface area contributed by atoms with Gasteiger partial charge in [-0.2, -0.15) is 0 Å². The second-order valence-corrected chi connectivity index (χ2v) is 9.05. The number of fused-ring (bicyclic) bond motifs is 2. The second kappa shape index (κ2) is 11.6. The Labute approximate surface area is 182 Å². The number of Topliss-reactive ketones (excluding diaryl/α,β-unsaturated/α-hetero) is 1. The van der Waals surface area contributed by atoms with Crippen LogP contribution in [0.25, 0.3) is 0 Å². The third kappa shape index (κ3) is 6.15. The number of aryl methyl sites for hydroxylation is 2. The minimum absolute atomic E-state index is 0.288. The van der Waals surface area contributed by atoms with Crippen molar-refractivity contribution in [3.63, 3.8) is 0 Å². The van der Waals surface area contributed by atoms with Crippen LogP contribution in [0, 0.1) is 0 Å². The van der Waals surface area contributed by atoms with Crippen molar-refractivity contribution >= 4 is 5.78 Å². The number of aliphatic hydroxyl groups excluding tert-OH is 1. The smallest absolute Gasteiger partial charge is 0.163 e. The van der Waals surface area contributed by atoms with Crippen LogP contribution in [0.15, 0.2) is 34.9 Å². The number of benzene rings is 1. The number of allylic oxidation sites excluding steroid dienone is 3. The standard InChI is InChI=1S/C27H39NO2/c1-3-4-8-21(9-5-6-14-29)15-22-12-13-23-16-24-10-7-11-27(30)26(24)17-25(23)19-28-18-20(22)2/h15-17,28-29H,3-14,18-19H2,1-2H3. The van der Waals surface area contributed by atoms with Gasteiger partial charge >= 0.3 is 0 Å². The van der Waals surface area contributed by atoms with E-state index in [4.69, 9.17) is 5.11 Å². The molecule has 164 valence electrons. The average molecular weight is 410 g/mol. The summed E-state index contributed by atoms with van der Waals surface area (Å²) < 4.78 is 0. The van der Waals surface area contributed by atoms with Gasteiger partial charge in [-0.15, -0.1) is 0 Å². The maximum absolute atomic E-state index is 12.4. The highest BCUT2D eigenvalue weighted by molar-refractivity contribution is 5.98. The zero-order valence-corrected chi connectivity index (χ0v) is 19.0. The number of carbonyl (C=O) groups is 1. The van der Waals surface area contributed by atoms with Crippen LogP contribution in [0.4, 0.5) is 0 Å². The topological polar surface area (TPSA) is 49.3 Å². The minimum atomic E-state index is 0.288. The van der Waals surface area contributed by atoms with Crippen LogP contribution in [-0.2, 0) is 19.4 Å². The largest absolute Gasteiger partial charge is 0.396 e. The minimum Gasteiger partial charge on any atom is -0.396 e. The summed E-state index contributed by atoms with van der Waals surface area (Å²) in [4.78, 5) is 12.4. The summed E-state index contributed by atoms with van der Waals surface area (Å²) in [6.45, 7) is 6.53. The van der Waals surface area contributed by atoms with Crippen molar-refractivity contribution in [1.82, 2.24) is 5.32 Å².